The van der Waals surface area contributed by atoms with E-state index < -0.39 is 10.1 Å². The molecule has 1 aliphatic carbocycles. The molecule has 0 N–H and O–H groups in total. The Labute approximate surface area is 53.4 Å². The second-order valence-electron chi connectivity index (χ2n) is 2.22. The summed E-state index contributed by atoms with van der Waals surface area (Å²) in [6.07, 6.45) is 3.34. The van der Waals surface area contributed by atoms with E-state index in [1.54, 1.807) is 6.08 Å². The highest BCUT2D eigenvalue weighted by atomic mass is 32.2. The number of allylic oxidation sites excluding steroid dienone is 1. The van der Waals surface area contributed by atoms with Crippen molar-refractivity contribution in [3.63, 3.8) is 0 Å². The summed E-state index contributed by atoms with van der Waals surface area (Å²) in [4.78, 5) is 0.502. The number of rotatable bonds is 0. The van der Waals surface area contributed by atoms with E-state index in [1.807, 2.05) is 0 Å². The Balaban J connectivity index is 2.45. The molecule has 1 heterocycles. The highest BCUT2D eigenvalue weighted by molar-refractivity contribution is 7.92. The van der Waals surface area contributed by atoms with Crippen molar-refractivity contribution in [3.8, 4) is 0 Å². The molecule has 0 spiro atoms. The minimum Gasteiger partial charge on any atom is -0.258 e. The van der Waals surface area contributed by atoms with Crippen LogP contribution in [0.5, 0.6) is 0 Å². The van der Waals surface area contributed by atoms with Gasteiger partial charge in [0, 0.05) is 0 Å². The van der Waals surface area contributed by atoms with Gasteiger partial charge in [-0.05, 0) is 12.8 Å². The van der Waals surface area contributed by atoms with Gasteiger partial charge in [-0.2, -0.15) is 8.42 Å². The Bertz CT molecular complexity index is 262. The highest BCUT2D eigenvalue weighted by Gasteiger charge is 2.43. The van der Waals surface area contributed by atoms with Crippen molar-refractivity contribution in [2.45, 2.75) is 18.9 Å². The van der Waals surface area contributed by atoms with Gasteiger partial charge in [-0.15, -0.1) is 0 Å². The predicted molar refractivity (Wildman–Crippen MR) is 31.1 cm³/mol. The molecule has 3 nitrogen and oxygen atoms in total. The number of fused-ring (bicyclic) bond motifs is 1. The fourth-order valence-electron chi connectivity index (χ4n) is 1.17. The summed E-state index contributed by atoms with van der Waals surface area (Å²) in [5.41, 5.74) is 0. The van der Waals surface area contributed by atoms with E-state index in [2.05, 4.69) is 4.18 Å². The van der Waals surface area contributed by atoms with Crippen LogP contribution in [-0.2, 0) is 14.3 Å². The third kappa shape index (κ3) is 0.573. The van der Waals surface area contributed by atoms with Gasteiger partial charge in [0.05, 0.1) is 4.91 Å². The third-order valence-electron chi connectivity index (χ3n) is 1.62. The quantitative estimate of drug-likeness (QED) is 0.464. The fraction of sp³-hybridized carbons (Fsp3) is 0.600. The maximum atomic E-state index is 10.6. The molecule has 1 aliphatic heterocycles. The second-order valence-corrected chi connectivity index (χ2v) is 3.79. The summed E-state index contributed by atoms with van der Waals surface area (Å²) in [7, 11) is -3.20. The van der Waals surface area contributed by atoms with Gasteiger partial charge in [-0.3, -0.25) is 4.18 Å². The zero-order valence-electron chi connectivity index (χ0n) is 4.70. The van der Waals surface area contributed by atoms with E-state index in [0.29, 0.717) is 4.91 Å². The molecule has 4 heteroatoms. The van der Waals surface area contributed by atoms with Crippen LogP contribution in [0.3, 0.4) is 0 Å². The Morgan fingerprint density at radius 3 is 2.89 bits per heavy atom. The first-order chi connectivity index (χ1) is 4.20. The lowest BCUT2D eigenvalue weighted by Gasteiger charge is -2.24. The van der Waals surface area contributed by atoms with Gasteiger partial charge in [0.2, 0.25) is 0 Å². The van der Waals surface area contributed by atoms with Crippen molar-refractivity contribution < 1.29 is 12.6 Å². The van der Waals surface area contributed by atoms with Crippen LogP contribution in [0.15, 0.2) is 11.0 Å². The summed E-state index contributed by atoms with van der Waals surface area (Å²) in [6.45, 7) is 0. The normalized spacial score (nSPS) is 36.9. The monoisotopic (exact) mass is 146 g/mol. The van der Waals surface area contributed by atoms with Crippen LogP contribution < -0.4 is 0 Å². The summed E-state index contributed by atoms with van der Waals surface area (Å²) in [5, 5.41) is 0. The maximum Gasteiger partial charge on any atom is 0.296 e. The van der Waals surface area contributed by atoms with Crippen LogP contribution in [0.2, 0.25) is 0 Å². The zero-order valence-corrected chi connectivity index (χ0v) is 5.52. The van der Waals surface area contributed by atoms with E-state index >= 15 is 0 Å². The smallest absolute Gasteiger partial charge is 0.258 e. The SMILES string of the molecule is O=S1(=O)OC2CCC=C21. The van der Waals surface area contributed by atoms with Crippen LogP contribution in [0, 0.1) is 0 Å². The molecular weight excluding hydrogens is 140 g/mol. The molecule has 0 bridgehead atoms. The maximum absolute atomic E-state index is 10.6. The Kier molecular flexibility index (Phi) is 0.834. The van der Waals surface area contributed by atoms with Gasteiger partial charge in [0.1, 0.15) is 6.10 Å². The predicted octanol–water partition coefficient (Wildman–Crippen LogP) is 0.393. The molecule has 1 unspecified atom stereocenters. The lowest BCUT2D eigenvalue weighted by Crippen LogP contribution is -2.33. The first-order valence-electron chi connectivity index (χ1n) is 2.83. The molecule has 0 aromatic rings. The topological polar surface area (TPSA) is 43.4 Å². The molecule has 1 fully saturated rings. The molecule has 2 aliphatic rings. The van der Waals surface area contributed by atoms with Crippen LogP contribution in [-0.4, -0.2) is 14.5 Å². The van der Waals surface area contributed by atoms with E-state index in [4.69, 9.17) is 0 Å². The van der Waals surface area contributed by atoms with Gasteiger partial charge in [-0.25, -0.2) is 0 Å². The van der Waals surface area contributed by atoms with Gasteiger partial charge >= 0.3 is 0 Å². The number of hydrogen-bond acceptors (Lipinski definition) is 3. The van der Waals surface area contributed by atoms with Crippen LogP contribution in [0.1, 0.15) is 12.8 Å². The zero-order chi connectivity index (χ0) is 6.48. The fourth-order valence-corrected chi connectivity index (χ4v) is 2.46. The molecule has 1 atom stereocenters. The summed E-state index contributed by atoms with van der Waals surface area (Å²) >= 11 is 0. The first kappa shape index (κ1) is 5.44. The minimum absolute atomic E-state index is 0.0880. The largest absolute Gasteiger partial charge is 0.296 e. The Morgan fingerprint density at radius 2 is 2.44 bits per heavy atom. The molecule has 50 valence electrons. The summed E-state index contributed by atoms with van der Waals surface area (Å²) < 4.78 is 25.8. The van der Waals surface area contributed by atoms with Gasteiger partial charge < -0.3 is 0 Å². The Hall–Kier alpha value is -0.350. The molecule has 0 amide bonds. The molecule has 0 radical (unpaired) electrons. The van der Waals surface area contributed by atoms with Gasteiger partial charge in [0.25, 0.3) is 10.1 Å². The molecule has 1 saturated heterocycles. The molecule has 0 aromatic heterocycles. The van der Waals surface area contributed by atoms with Crippen LogP contribution in [0.4, 0.5) is 0 Å². The van der Waals surface area contributed by atoms with Crippen molar-refractivity contribution in [3.05, 3.63) is 11.0 Å². The van der Waals surface area contributed by atoms with E-state index in [-0.39, 0.29) is 6.10 Å². The van der Waals surface area contributed by atoms with Crippen molar-refractivity contribution in [2.24, 2.45) is 0 Å². The molecule has 9 heavy (non-hydrogen) atoms. The average molecular weight is 146 g/mol. The molecule has 2 rings (SSSR count). The first-order valence-corrected chi connectivity index (χ1v) is 4.24. The van der Waals surface area contributed by atoms with Crippen molar-refractivity contribution >= 4 is 10.1 Å². The Morgan fingerprint density at radius 1 is 1.67 bits per heavy atom. The third-order valence-corrected chi connectivity index (χ3v) is 3.12. The molecule has 0 saturated carbocycles. The molecular formula is C5H6O3S. The van der Waals surface area contributed by atoms with Gasteiger partial charge in [-0.1, -0.05) is 6.08 Å². The lowest BCUT2D eigenvalue weighted by molar-refractivity contribution is 0.213. The van der Waals surface area contributed by atoms with E-state index in [0.717, 1.165) is 12.8 Å². The highest BCUT2D eigenvalue weighted by Crippen LogP contribution is 2.37. The van der Waals surface area contributed by atoms with Crippen molar-refractivity contribution in [1.82, 2.24) is 0 Å². The standard InChI is InChI=1S/C5H6O3S/c6-9(7)5-3-1-2-4(5)8-9/h3-4H,1-2H2. The summed E-state index contributed by atoms with van der Waals surface area (Å²) in [5.74, 6) is 0. The second kappa shape index (κ2) is 1.38. The van der Waals surface area contributed by atoms with E-state index in [1.165, 1.54) is 0 Å². The van der Waals surface area contributed by atoms with Crippen molar-refractivity contribution in [1.29, 1.82) is 0 Å². The van der Waals surface area contributed by atoms with Crippen LogP contribution >= 0.6 is 0 Å². The lowest BCUT2D eigenvalue weighted by atomic mass is 10.3. The van der Waals surface area contributed by atoms with Crippen molar-refractivity contribution in [2.75, 3.05) is 0 Å². The number of hydrogen-bond donors (Lipinski definition) is 0. The minimum atomic E-state index is -3.20. The average Bonchev–Trinajstić information content (AvgIpc) is 2.10. The van der Waals surface area contributed by atoms with E-state index in [9.17, 15) is 8.42 Å². The summed E-state index contributed by atoms with van der Waals surface area (Å²) in [6, 6.07) is 0. The molecule has 0 aromatic carbocycles. The van der Waals surface area contributed by atoms with Crippen LogP contribution in [0.25, 0.3) is 0 Å². The van der Waals surface area contributed by atoms with Gasteiger partial charge in [0.15, 0.2) is 0 Å².